The first-order chi connectivity index (χ1) is 8.91. The Hall–Kier alpha value is -0.920. The molecule has 7 heteroatoms. The average Bonchev–Trinajstić information content (AvgIpc) is 2.99. The van der Waals surface area contributed by atoms with Crippen LogP contribution in [0.25, 0.3) is 0 Å². The number of nitrogens with one attached hydrogen (secondary N) is 1. The van der Waals surface area contributed by atoms with Crippen molar-refractivity contribution < 1.29 is 8.42 Å². The van der Waals surface area contributed by atoms with Crippen molar-refractivity contribution in [3.8, 4) is 0 Å². The molecule has 2 rings (SSSR count). The average molecular weight is 286 g/mol. The number of likely N-dealkylation sites (tertiary alicyclic amines) is 1. The first kappa shape index (κ1) is 14.5. The van der Waals surface area contributed by atoms with Gasteiger partial charge in [0.25, 0.3) is 0 Å². The van der Waals surface area contributed by atoms with Crippen LogP contribution in [-0.2, 0) is 10.0 Å². The lowest BCUT2D eigenvalue weighted by molar-refractivity contribution is 0.259. The number of aromatic nitrogens is 2. The van der Waals surface area contributed by atoms with Gasteiger partial charge >= 0.3 is 0 Å². The van der Waals surface area contributed by atoms with Crippen LogP contribution in [0.3, 0.4) is 0 Å². The maximum atomic E-state index is 12.2. The number of H-pyrrole nitrogens is 1. The molecule has 1 atom stereocenters. The number of hydrogen-bond donors (Lipinski definition) is 1. The van der Waals surface area contributed by atoms with Gasteiger partial charge in [-0.25, -0.2) is 12.7 Å². The molecule has 0 saturated carbocycles. The zero-order valence-electron chi connectivity index (χ0n) is 11.7. The second-order valence-corrected chi connectivity index (χ2v) is 7.51. The van der Waals surface area contributed by atoms with Crippen molar-refractivity contribution in [2.45, 2.75) is 31.2 Å². The largest absolute Gasteiger partial charge is 0.301 e. The number of sulfonamides is 1. The quantitative estimate of drug-likeness (QED) is 0.867. The minimum absolute atomic E-state index is 0.230. The van der Waals surface area contributed by atoms with Gasteiger partial charge in [-0.3, -0.25) is 5.10 Å². The summed E-state index contributed by atoms with van der Waals surface area (Å²) in [6.07, 6.45) is 3.82. The fraction of sp³-hybridized carbons (Fsp3) is 0.750. The highest BCUT2D eigenvalue weighted by atomic mass is 32.2. The van der Waals surface area contributed by atoms with Crippen molar-refractivity contribution in [1.29, 1.82) is 0 Å². The molecule has 6 nitrogen and oxygen atoms in total. The maximum absolute atomic E-state index is 12.2. The lowest BCUT2D eigenvalue weighted by atomic mass is 10.1. The van der Waals surface area contributed by atoms with Crippen LogP contribution in [-0.4, -0.2) is 60.5 Å². The minimum Gasteiger partial charge on any atom is -0.301 e. The van der Waals surface area contributed by atoms with Gasteiger partial charge in [-0.1, -0.05) is 0 Å². The van der Waals surface area contributed by atoms with Gasteiger partial charge in [0.15, 0.2) is 0 Å². The van der Waals surface area contributed by atoms with E-state index in [1.807, 2.05) is 0 Å². The van der Waals surface area contributed by atoms with Gasteiger partial charge in [0.2, 0.25) is 10.0 Å². The highest BCUT2D eigenvalue weighted by molar-refractivity contribution is 7.89. The third kappa shape index (κ3) is 3.16. The summed E-state index contributed by atoms with van der Waals surface area (Å²) in [5.41, 5.74) is 0. The van der Waals surface area contributed by atoms with Gasteiger partial charge < -0.3 is 4.90 Å². The molecule has 0 aromatic carbocycles. The Balaban J connectivity index is 1.97. The molecule has 2 heterocycles. The molecule has 1 saturated heterocycles. The SMILES string of the molecule is CC(C)N1CCC(CN(C)S(=O)(=O)c2cn[nH]c2)C1. The predicted octanol–water partition coefficient (Wildman–Crippen LogP) is 0.761. The summed E-state index contributed by atoms with van der Waals surface area (Å²) in [5, 5.41) is 6.24. The summed E-state index contributed by atoms with van der Waals surface area (Å²) in [6.45, 7) is 6.95. The minimum atomic E-state index is -3.40. The molecule has 0 radical (unpaired) electrons. The standard InChI is InChI=1S/C12H22N4O2S/c1-10(2)16-5-4-11(9-16)8-15(3)19(17,18)12-6-13-14-7-12/h6-7,10-11H,4-5,8-9H2,1-3H3,(H,13,14). The Morgan fingerprint density at radius 2 is 2.32 bits per heavy atom. The van der Waals surface area contributed by atoms with E-state index in [0.29, 0.717) is 18.5 Å². The Bertz CT molecular complexity index is 498. The molecule has 0 spiro atoms. The molecule has 0 bridgehead atoms. The van der Waals surface area contributed by atoms with E-state index in [1.54, 1.807) is 7.05 Å². The van der Waals surface area contributed by atoms with E-state index in [9.17, 15) is 8.42 Å². The Morgan fingerprint density at radius 1 is 1.58 bits per heavy atom. The molecule has 19 heavy (non-hydrogen) atoms. The van der Waals surface area contributed by atoms with Crippen molar-refractivity contribution in [3.05, 3.63) is 12.4 Å². The molecule has 1 aliphatic heterocycles. The second-order valence-electron chi connectivity index (χ2n) is 5.46. The van der Waals surface area contributed by atoms with E-state index in [-0.39, 0.29) is 4.90 Å². The highest BCUT2D eigenvalue weighted by Crippen LogP contribution is 2.21. The van der Waals surface area contributed by atoms with Crippen molar-refractivity contribution in [1.82, 2.24) is 19.4 Å². The summed E-state index contributed by atoms with van der Waals surface area (Å²) in [6, 6.07) is 0.529. The van der Waals surface area contributed by atoms with Crippen LogP contribution < -0.4 is 0 Å². The van der Waals surface area contributed by atoms with E-state index in [2.05, 4.69) is 28.9 Å². The first-order valence-corrected chi connectivity index (χ1v) is 8.04. The fourth-order valence-corrected chi connectivity index (χ4v) is 3.66. The van der Waals surface area contributed by atoms with Crippen molar-refractivity contribution in [3.63, 3.8) is 0 Å². The molecule has 1 aliphatic rings. The number of hydrogen-bond acceptors (Lipinski definition) is 4. The van der Waals surface area contributed by atoms with Crippen LogP contribution in [0.4, 0.5) is 0 Å². The Morgan fingerprint density at radius 3 is 2.84 bits per heavy atom. The lowest BCUT2D eigenvalue weighted by Gasteiger charge is -2.22. The third-order valence-corrected chi connectivity index (χ3v) is 5.53. The van der Waals surface area contributed by atoms with Crippen LogP contribution in [0.1, 0.15) is 20.3 Å². The van der Waals surface area contributed by atoms with Crippen molar-refractivity contribution >= 4 is 10.0 Å². The summed E-state index contributed by atoms with van der Waals surface area (Å²) < 4.78 is 25.9. The Labute approximate surface area is 114 Å². The lowest BCUT2D eigenvalue weighted by Crippen LogP contribution is -2.34. The Kier molecular flexibility index (Phi) is 4.27. The molecule has 108 valence electrons. The van der Waals surface area contributed by atoms with E-state index in [4.69, 9.17) is 0 Å². The van der Waals surface area contributed by atoms with E-state index >= 15 is 0 Å². The molecular weight excluding hydrogens is 264 g/mol. The van der Waals surface area contributed by atoms with Crippen molar-refractivity contribution in [2.24, 2.45) is 5.92 Å². The molecule has 1 fully saturated rings. The smallest absolute Gasteiger partial charge is 0.245 e. The van der Waals surface area contributed by atoms with Crippen molar-refractivity contribution in [2.75, 3.05) is 26.7 Å². The monoisotopic (exact) mass is 286 g/mol. The highest BCUT2D eigenvalue weighted by Gasteiger charge is 2.29. The topological polar surface area (TPSA) is 69.3 Å². The summed E-state index contributed by atoms with van der Waals surface area (Å²) in [5.74, 6) is 0.411. The molecule has 1 aromatic rings. The summed E-state index contributed by atoms with van der Waals surface area (Å²) in [4.78, 5) is 2.62. The zero-order chi connectivity index (χ0) is 14.0. The van der Waals surface area contributed by atoms with Crippen LogP contribution in [0.15, 0.2) is 17.3 Å². The van der Waals surface area contributed by atoms with Gasteiger partial charge in [0.1, 0.15) is 4.90 Å². The first-order valence-electron chi connectivity index (χ1n) is 6.60. The second kappa shape index (κ2) is 5.60. The molecule has 1 aromatic heterocycles. The molecule has 0 aliphatic carbocycles. The number of aromatic amines is 1. The van der Waals surface area contributed by atoms with Gasteiger partial charge in [0.05, 0.1) is 6.20 Å². The van der Waals surface area contributed by atoms with Crippen LogP contribution in [0, 0.1) is 5.92 Å². The molecule has 0 amide bonds. The molecule has 1 unspecified atom stereocenters. The van der Waals surface area contributed by atoms with Crippen LogP contribution in [0.5, 0.6) is 0 Å². The van der Waals surface area contributed by atoms with Gasteiger partial charge in [-0.05, 0) is 32.7 Å². The number of rotatable bonds is 5. The van der Waals surface area contributed by atoms with E-state index in [0.717, 1.165) is 19.5 Å². The normalized spacial score (nSPS) is 21.6. The fourth-order valence-electron chi connectivity index (χ4n) is 2.50. The zero-order valence-corrected chi connectivity index (χ0v) is 12.5. The predicted molar refractivity (Wildman–Crippen MR) is 73.2 cm³/mol. The summed E-state index contributed by atoms with van der Waals surface area (Å²) in [7, 11) is -1.76. The van der Waals surface area contributed by atoms with Crippen LogP contribution in [0.2, 0.25) is 0 Å². The molecular formula is C12H22N4O2S. The van der Waals surface area contributed by atoms with Gasteiger partial charge in [-0.15, -0.1) is 0 Å². The number of nitrogens with zero attached hydrogens (tertiary/aromatic N) is 3. The summed E-state index contributed by atoms with van der Waals surface area (Å²) >= 11 is 0. The van der Waals surface area contributed by atoms with E-state index < -0.39 is 10.0 Å². The molecule has 1 N–H and O–H groups in total. The third-order valence-electron chi connectivity index (χ3n) is 3.74. The van der Waals surface area contributed by atoms with Gasteiger partial charge in [0, 0.05) is 32.4 Å². The van der Waals surface area contributed by atoms with Gasteiger partial charge in [-0.2, -0.15) is 5.10 Å². The van der Waals surface area contributed by atoms with Crippen LogP contribution >= 0.6 is 0 Å². The van der Waals surface area contributed by atoms with E-state index in [1.165, 1.54) is 16.7 Å². The maximum Gasteiger partial charge on any atom is 0.245 e.